The Morgan fingerprint density at radius 3 is 2.35 bits per heavy atom. The molecule has 1 N–H and O–H groups in total. The topological polar surface area (TPSA) is 100 Å². The molecule has 0 saturated carbocycles. The molecule has 1 aliphatic rings. The van der Waals surface area contributed by atoms with Crippen molar-refractivity contribution in [1.29, 1.82) is 0 Å². The van der Waals surface area contributed by atoms with Crippen LogP contribution in [0.2, 0.25) is 0 Å². The van der Waals surface area contributed by atoms with Gasteiger partial charge >= 0.3 is 12.1 Å². The zero-order valence-electron chi connectivity index (χ0n) is 17.8. The van der Waals surface area contributed by atoms with E-state index in [1.54, 1.807) is 23.4 Å². The van der Waals surface area contributed by atoms with Gasteiger partial charge in [0.2, 0.25) is 0 Å². The van der Waals surface area contributed by atoms with Gasteiger partial charge in [0.25, 0.3) is 0 Å². The number of carboxylic acid groups (broad SMARTS) is 1. The molecule has 4 rings (SSSR count). The Labute approximate surface area is 179 Å². The zero-order valence-corrected chi connectivity index (χ0v) is 17.8. The van der Waals surface area contributed by atoms with Crippen LogP contribution in [-0.4, -0.2) is 68.4 Å². The molecule has 1 saturated heterocycles. The van der Waals surface area contributed by atoms with Crippen LogP contribution in [0.25, 0.3) is 16.8 Å². The third-order valence-corrected chi connectivity index (χ3v) is 5.06. The maximum Gasteiger partial charge on any atom is 0.410 e. The number of aromatic nitrogens is 3. The molecule has 1 fully saturated rings. The van der Waals surface area contributed by atoms with E-state index in [0.717, 1.165) is 11.3 Å². The maximum atomic E-state index is 12.2. The number of carbonyl (C=O) groups excluding carboxylic acids is 1. The highest BCUT2D eigenvalue weighted by Crippen LogP contribution is 2.27. The number of carboxylic acids is 1. The predicted octanol–water partition coefficient (Wildman–Crippen LogP) is 3.15. The molecule has 0 radical (unpaired) electrons. The molecule has 0 aliphatic carbocycles. The summed E-state index contributed by atoms with van der Waals surface area (Å²) in [5, 5.41) is 13.7. The minimum atomic E-state index is -1.09. The van der Waals surface area contributed by atoms with E-state index in [-0.39, 0.29) is 11.8 Å². The molecule has 0 bridgehead atoms. The quantitative estimate of drug-likeness (QED) is 0.691. The second-order valence-electron chi connectivity index (χ2n) is 8.44. The summed E-state index contributed by atoms with van der Waals surface area (Å²) in [7, 11) is 0. The van der Waals surface area contributed by atoms with E-state index in [9.17, 15) is 14.7 Å². The fraction of sp³-hybridized carbons (Fsp3) is 0.364. The first kappa shape index (κ1) is 20.6. The number of rotatable bonds is 3. The van der Waals surface area contributed by atoms with Gasteiger partial charge in [0.1, 0.15) is 5.60 Å². The average Bonchev–Trinajstić information content (AvgIpc) is 3.19. The molecule has 9 nitrogen and oxygen atoms in total. The summed E-state index contributed by atoms with van der Waals surface area (Å²) in [6.07, 6.45) is 2.91. The first-order valence-electron chi connectivity index (χ1n) is 10.1. The van der Waals surface area contributed by atoms with Crippen LogP contribution in [0.15, 0.2) is 42.7 Å². The number of carbonyl (C=O) groups is 2. The third-order valence-electron chi connectivity index (χ3n) is 5.06. The van der Waals surface area contributed by atoms with Crippen molar-refractivity contribution in [2.45, 2.75) is 26.4 Å². The standard InChI is InChI=1S/C22H25N5O4/c1-22(2,3)31-21(30)26-12-10-25(11-13-26)16-6-4-15(5-7-16)17-14-18-23-8-9-27(18)24-19(17)20(28)29/h4-9,14H,10-13H2,1-3H3,(H,28,29). The number of benzene rings is 1. The van der Waals surface area contributed by atoms with Gasteiger partial charge in [-0.15, -0.1) is 0 Å². The molecule has 162 valence electrons. The first-order valence-corrected chi connectivity index (χ1v) is 10.1. The molecule has 0 spiro atoms. The highest BCUT2D eigenvalue weighted by Gasteiger charge is 2.26. The lowest BCUT2D eigenvalue weighted by Gasteiger charge is -2.36. The Kier molecular flexibility index (Phi) is 5.26. The molecule has 0 atom stereocenters. The monoisotopic (exact) mass is 423 g/mol. The lowest BCUT2D eigenvalue weighted by atomic mass is 10.0. The summed E-state index contributed by atoms with van der Waals surface area (Å²) in [6, 6.07) is 9.42. The fourth-order valence-electron chi connectivity index (χ4n) is 3.56. The molecule has 3 aromatic rings. The second-order valence-corrected chi connectivity index (χ2v) is 8.44. The van der Waals surface area contributed by atoms with Gasteiger partial charge in [-0.05, 0) is 44.5 Å². The van der Waals surface area contributed by atoms with Crippen molar-refractivity contribution in [3.8, 4) is 11.1 Å². The number of fused-ring (bicyclic) bond motifs is 1. The molecular weight excluding hydrogens is 398 g/mol. The van der Waals surface area contributed by atoms with Crippen molar-refractivity contribution in [3.63, 3.8) is 0 Å². The number of piperazine rings is 1. The highest BCUT2D eigenvalue weighted by molar-refractivity contribution is 5.94. The molecule has 0 unspecified atom stereocenters. The van der Waals surface area contributed by atoms with Crippen LogP contribution in [0.5, 0.6) is 0 Å². The zero-order chi connectivity index (χ0) is 22.2. The largest absolute Gasteiger partial charge is 0.476 e. The van der Waals surface area contributed by atoms with Crippen LogP contribution in [0.1, 0.15) is 31.3 Å². The number of aromatic carboxylic acids is 1. The summed E-state index contributed by atoms with van der Waals surface area (Å²) >= 11 is 0. The molecule has 3 heterocycles. The summed E-state index contributed by atoms with van der Waals surface area (Å²) in [5.41, 5.74) is 2.34. The number of ether oxygens (including phenoxy) is 1. The summed E-state index contributed by atoms with van der Waals surface area (Å²) in [4.78, 5) is 32.1. The molecule has 9 heteroatoms. The van der Waals surface area contributed by atoms with Crippen LogP contribution in [-0.2, 0) is 4.74 Å². The fourth-order valence-corrected chi connectivity index (χ4v) is 3.56. The molecule has 31 heavy (non-hydrogen) atoms. The average molecular weight is 423 g/mol. The lowest BCUT2D eigenvalue weighted by Crippen LogP contribution is -2.50. The number of hydrogen-bond donors (Lipinski definition) is 1. The van der Waals surface area contributed by atoms with Crippen LogP contribution in [0.4, 0.5) is 10.5 Å². The Balaban J connectivity index is 1.49. The van der Waals surface area contributed by atoms with Gasteiger partial charge in [0, 0.05) is 49.8 Å². The molecule has 1 aliphatic heterocycles. The van der Waals surface area contributed by atoms with E-state index < -0.39 is 11.6 Å². The van der Waals surface area contributed by atoms with E-state index in [2.05, 4.69) is 15.0 Å². The van der Waals surface area contributed by atoms with Crippen molar-refractivity contribution in [2.24, 2.45) is 0 Å². The minimum Gasteiger partial charge on any atom is -0.476 e. The Morgan fingerprint density at radius 1 is 1.06 bits per heavy atom. The van der Waals surface area contributed by atoms with E-state index in [4.69, 9.17) is 4.74 Å². The number of imidazole rings is 1. The van der Waals surface area contributed by atoms with Gasteiger partial charge in [-0.25, -0.2) is 19.1 Å². The SMILES string of the molecule is CC(C)(C)OC(=O)N1CCN(c2ccc(-c3cc4nccn4nc3C(=O)O)cc2)CC1. The number of nitrogens with zero attached hydrogens (tertiary/aromatic N) is 5. The van der Waals surface area contributed by atoms with Crippen LogP contribution >= 0.6 is 0 Å². The second kappa shape index (κ2) is 7.90. The summed E-state index contributed by atoms with van der Waals surface area (Å²) < 4.78 is 6.90. The van der Waals surface area contributed by atoms with Crippen LogP contribution < -0.4 is 4.90 Å². The van der Waals surface area contributed by atoms with Crippen LogP contribution in [0, 0.1) is 0 Å². The third kappa shape index (κ3) is 4.45. The predicted molar refractivity (Wildman–Crippen MR) is 115 cm³/mol. The van der Waals surface area contributed by atoms with Crippen LogP contribution in [0.3, 0.4) is 0 Å². The van der Waals surface area contributed by atoms with Crippen molar-refractivity contribution in [2.75, 3.05) is 31.1 Å². The molecular formula is C22H25N5O4. The molecule has 2 aromatic heterocycles. The van der Waals surface area contributed by atoms with E-state index >= 15 is 0 Å². The van der Waals surface area contributed by atoms with Crippen molar-refractivity contribution < 1.29 is 19.4 Å². The van der Waals surface area contributed by atoms with Gasteiger partial charge in [-0.3, -0.25) is 0 Å². The Hall–Kier alpha value is -3.62. The maximum absolute atomic E-state index is 12.2. The lowest BCUT2D eigenvalue weighted by molar-refractivity contribution is 0.0240. The Bertz CT molecular complexity index is 1110. The van der Waals surface area contributed by atoms with Gasteiger partial charge in [-0.2, -0.15) is 5.10 Å². The van der Waals surface area contributed by atoms with Gasteiger partial charge in [-0.1, -0.05) is 12.1 Å². The molecule has 1 amide bonds. The van der Waals surface area contributed by atoms with E-state index in [0.29, 0.717) is 37.4 Å². The van der Waals surface area contributed by atoms with E-state index in [1.807, 2.05) is 45.0 Å². The van der Waals surface area contributed by atoms with Gasteiger partial charge in [0.15, 0.2) is 11.3 Å². The molecule has 1 aromatic carbocycles. The summed E-state index contributed by atoms with van der Waals surface area (Å²) in [6.45, 7) is 8.14. The van der Waals surface area contributed by atoms with E-state index in [1.165, 1.54) is 4.52 Å². The number of hydrogen-bond acceptors (Lipinski definition) is 6. The van der Waals surface area contributed by atoms with Crippen molar-refractivity contribution in [3.05, 3.63) is 48.4 Å². The number of anilines is 1. The first-order chi connectivity index (χ1) is 14.7. The Morgan fingerprint density at radius 2 is 1.74 bits per heavy atom. The number of amides is 1. The highest BCUT2D eigenvalue weighted by atomic mass is 16.6. The van der Waals surface area contributed by atoms with Gasteiger partial charge < -0.3 is 19.6 Å². The summed E-state index contributed by atoms with van der Waals surface area (Å²) in [5.74, 6) is -1.09. The minimum absolute atomic E-state index is 0.0239. The smallest absolute Gasteiger partial charge is 0.410 e. The van der Waals surface area contributed by atoms with Crippen molar-refractivity contribution in [1.82, 2.24) is 19.5 Å². The van der Waals surface area contributed by atoms with Gasteiger partial charge in [0.05, 0.1) is 0 Å². The van der Waals surface area contributed by atoms with Crippen molar-refractivity contribution >= 4 is 23.4 Å². The normalized spacial score (nSPS) is 14.7.